The number of piperazine rings is 1. The summed E-state index contributed by atoms with van der Waals surface area (Å²) in [6, 6.07) is 0.161. The van der Waals surface area contributed by atoms with Crippen LogP contribution in [0.5, 0.6) is 5.75 Å². The molecule has 1 aromatic carbocycles. The van der Waals surface area contributed by atoms with Gasteiger partial charge in [0, 0.05) is 37.8 Å². The molecule has 1 atom stereocenters. The summed E-state index contributed by atoms with van der Waals surface area (Å²) in [5.41, 5.74) is -2.88. The summed E-state index contributed by atoms with van der Waals surface area (Å²) in [4.78, 5) is 1.84. The second-order valence-corrected chi connectivity index (χ2v) is 5.85. The predicted octanol–water partition coefficient (Wildman–Crippen LogP) is 4.51. The molecule has 0 radical (unpaired) electrons. The van der Waals surface area contributed by atoms with Gasteiger partial charge in [-0.3, -0.25) is 4.90 Å². The van der Waals surface area contributed by atoms with E-state index in [1.54, 1.807) is 6.92 Å². The number of ether oxygens (including phenoxy) is 1. The lowest BCUT2D eigenvalue weighted by atomic mass is 9.93. The van der Waals surface area contributed by atoms with E-state index >= 15 is 0 Å². The Morgan fingerprint density at radius 3 is 2.08 bits per heavy atom. The van der Waals surface area contributed by atoms with Crippen LogP contribution in [0.15, 0.2) is 12.1 Å². The van der Waals surface area contributed by atoms with Gasteiger partial charge in [-0.2, -0.15) is 26.3 Å². The molecule has 1 aliphatic heterocycles. The monoisotopic (exact) mass is 406 g/mol. The van der Waals surface area contributed by atoms with E-state index in [9.17, 15) is 26.3 Å². The van der Waals surface area contributed by atoms with Crippen molar-refractivity contribution >= 4 is 12.4 Å². The minimum absolute atomic E-state index is 0. The largest absolute Gasteiger partial charge is 0.496 e. The van der Waals surface area contributed by atoms with E-state index in [0.29, 0.717) is 38.7 Å². The van der Waals surface area contributed by atoms with Crippen LogP contribution in [0.25, 0.3) is 0 Å². The summed E-state index contributed by atoms with van der Waals surface area (Å²) in [6.45, 7) is 3.96. The molecule has 3 nitrogen and oxygen atoms in total. The van der Waals surface area contributed by atoms with Crippen LogP contribution in [0.3, 0.4) is 0 Å². The SMILES string of the molecule is CC[C@@H](c1c(OC)cc(C(F)(F)F)cc1C(F)(F)F)N1CCNCC1.Cl. The number of hydrogen-bond donors (Lipinski definition) is 1. The van der Waals surface area contributed by atoms with Gasteiger partial charge in [0.25, 0.3) is 0 Å². The topological polar surface area (TPSA) is 24.5 Å². The molecule has 0 unspecified atom stereocenters. The van der Waals surface area contributed by atoms with E-state index in [1.807, 2.05) is 4.90 Å². The summed E-state index contributed by atoms with van der Waals surface area (Å²) < 4.78 is 84.6. The molecule has 0 amide bonds. The highest BCUT2D eigenvalue weighted by Gasteiger charge is 2.42. The van der Waals surface area contributed by atoms with Crippen LogP contribution in [-0.4, -0.2) is 38.2 Å². The predicted molar refractivity (Wildman–Crippen MR) is 87.7 cm³/mol. The zero-order valence-corrected chi connectivity index (χ0v) is 15.1. The maximum Gasteiger partial charge on any atom is 0.416 e. The first-order valence-corrected chi connectivity index (χ1v) is 7.90. The standard InChI is InChI=1S/C16H20F6N2O.ClH/c1-3-12(24-6-4-23-5-7-24)14-11(16(20,21)22)8-10(15(17,18)19)9-13(14)25-2;/h8-9,12,23H,3-7H2,1-2H3;1H/t12-;/m0./s1. The smallest absolute Gasteiger partial charge is 0.416 e. The van der Waals surface area contributed by atoms with Crippen LogP contribution in [0, 0.1) is 0 Å². The number of rotatable bonds is 4. The highest BCUT2D eigenvalue weighted by Crippen LogP contribution is 2.45. The first-order valence-electron chi connectivity index (χ1n) is 7.90. The quantitative estimate of drug-likeness (QED) is 0.744. The zero-order valence-electron chi connectivity index (χ0n) is 14.3. The maximum atomic E-state index is 13.5. The Hall–Kier alpha value is -1.19. The highest BCUT2D eigenvalue weighted by molar-refractivity contribution is 5.85. The van der Waals surface area contributed by atoms with Crippen LogP contribution in [0.4, 0.5) is 26.3 Å². The summed E-state index contributed by atoms with van der Waals surface area (Å²) in [5, 5.41) is 3.10. The molecule has 1 heterocycles. The van der Waals surface area contributed by atoms with E-state index in [1.165, 1.54) is 0 Å². The van der Waals surface area contributed by atoms with E-state index in [0.717, 1.165) is 7.11 Å². The van der Waals surface area contributed by atoms with Crippen molar-refractivity contribution in [1.29, 1.82) is 0 Å². The second kappa shape index (κ2) is 8.67. The number of benzene rings is 1. The van der Waals surface area contributed by atoms with Crippen molar-refractivity contribution in [2.24, 2.45) is 0 Å². The molecular formula is C16H21ClF6N2O. The fourth-order valence-electron chi connectivity index (χ4n) is 3.18. The van der Waals surface area contributed by atoms with Gasteiger partial charge in [0.05, 0.1) is 18.2 Å². The third kappa shape index (κ3) is 4.95. The molecule has 1 saturated heterocycles. The lowest BCUT2D eigenvalue weighted by Crippen LogP contribution is -2.45. The Labute approximate surface area is 154 Å². The Morgan fingerprint density at radius 1 is 1.08 bits per heavy atom. The number of methoxy groups -OCH3 is 1. The van der Waals surface area contributed by atoms with Crippen molar-refractivity contribution in [3.63, 3.8) is 0 Å². The van der Waals surface area contributed by atoms with Crippen LogP contribution < -0.4 is 10.1 Å². The summed E-state index contributed by atoms with van der Waals surface area (Å²) in [5.74, 6) is -0.382. The van der Waals surface area contributed by atoms with Crippen molar-refractivity contribution in [2.75, 3.05) is 33.3 Å². The number of nitrogens with one attached hydrogen (secondary N) is 1. The van der Waals surface area contributed by atoms with Gasteiger partial charge in [0.2, 0.25) is 0 Å². The highest BCUT2D eigenvalue weighted by atomic mass is 35.5. The zero-order chi connectivity index (χ0) is 18.8. The van der Waals surface area contributed by atoms with Gasteiger partial charge >= 0.3 is 12.4 Å². The minimum atomic E-state index is -4.91. The molecule has 0 saturated carbocycles. The van der Waals surface area contributed by atoms with E-state index in [4.69, 9.17) is 4.74 Å². The van der Waals surface area contributed by atoms with Crippen LogP contribution >= 0.6 is 12.4 Å². The summed E-state index contributed by atoms with van der Waals surface area (Å²) in [7, 11) is 1.09. The van der Waals surface area contributed by atoms with Gasteiger partial charge in [0.15, 0.2) is 0 Å². The molecule has 1 aromatic rings. The van der Waals surface area contributed by atoms with Gasteiger partial charge in [-0.1, -0.05) is 6.92 Å². The van der Waals surface area contributed by atoms with E-state index in [2.05, 4.69) is 5.32 Å². The third-order valence-electron chi connectivity index (χ3n) is 4.31. The molecule has 26 heavy (non-hydrogen) atoms. The number of hydrogen-bond acceptors (Lipinski definition) is 3. The van der Waals surface area contributed by atoms with Gasteiger partial charge in [-0.25, -0.2) is 0 Å². The fraction of sp³-hybridized carbons (Fsp3) is 0.625. The first kappa shape index (κ1) is 22.9. The van der Waals surface area contributed by atoms with Crippen LogP contribution in [0.1, 0.15) is 36.1 Å². The van der Waals surface area contributed by atoms with Crippen molar-refractivity contribution < 1.29 is 31.1 Å². The van der Waals surface area contributed by atoms with Crippen molar-refractivity contribution in [3.8, 4) is 5.75 Å². The van der Waals surface area contributed by atoms with E-state index < -0.39 is 29.5 Å². The lowest BCUT2D eigenvalue weighted by Gasteiger charge is -2.36. The molecule has 1 aliphatic rings. The Morgan fingerprint density at radius 2 is 1.65 bits per heavy atom. The number of nitrogens with zero attached hydrogens (tertiary/aromatic N) is 1. The molecular weight excluding hydrogens is 386 g/mol. The van der Waals surface area contributed by atoms with Crippen LogP contribution in [0.2, 0.25) is 0 Å². The number of halogens is 7. The first-order chi connectivity index (χ1) is 11.6. The Kier molecular flexibility index (Phi) is 7.62. The van der Waals surface area contributed by atoms with Crippen molar-refractivity contribution in [1.82, 2.24) is 10.2 Å². The molecule has 0 aromatic heterocycles. The average Bonchev–Trinajstić information content (AvgIpc) is 2.54. The normalized spacial score (nSPS) is 17.5. The fourth-order valence-corrected chi connectivity index (χ4v) is 3.18. The molecule has 0 aliphatic carbocycles. The molecule has 10 heteroatoms. The Balaban J connectivity index is 0.00000338. The molecule has 1 N–H and O–H groups in total. The van der Waals surface area contributed by atoms with Gasteiger partial charge in [-0.15, -0.1) is 12.4 Å². The van der Waals surface area contributed by atoms with Gasteiger partial charge in [0.1, 0.15) is 5.75 Å². The molecule has 2 rings (SSSR count). The molecule has 1 fully saturated rings. The molecule has 0 spiro atoms. The summed E-state index contributed by atoms with van der Waals surface area (Å²) >= 11 is 0. The third-order valence-corrected chi connectivity index (χ3v) is 4.31. The van der Waals surface area contributed by atoms with Crippen molar-refractivity contribution in [3.05, 3.63) is 28.8 Å². The van der Waals surface area contributed by atoms with Crippen LogP contribution in [-0.2, 0) is 12.4 Å². The maximum absolute atomic E-state index is 13.5. The minimum Gasteiger partial charge on any atom is -0.496 e. The van der Waals surface area contributed by atoms with Gasteiger partial charge < -0.3 is 10.1 Å². The van der Waals surface area contributed by atoms with Crippen molar-refractivity contribution in [2.45, 2.75) is 31.7 Å². The molecule has 0 bridgehead atoms. The van der Waals surface area contributed by atoms with E-state index in [-0.39, 0.29) is 29.8 Å². The number of alkyl halides is 6. The summed E-state index contributed by atoms with van der Waals surface area (Å²) in [6.07, 6.45) is -9.47. The molecule has 150 valence electrons. The Bertz CT molecular complexity index is 600. The average molecular weight is 407 g/mol. The van der Waals surface area contributed by atoms with Gasteiger partial charge in [-0.05, 0) is 18.6 Å². The second-order valence-electron chi connectivity index (χ2n) is 5.85. The lowest BCUT2D eigenvalue weighted by molar-refractivity contribution is -0.144.